The van der Waals surface area contributed by atoms with Crippen molar-refractivity contribution in [3.63, 3.8) is 0 Å². The van der Waals surface area contributed by atoms with Crippen LogP contribution >= 0.6 is 0 Å². The molecule has 0 bridgehead atoms. The predicted octanol–water partition coefficient (Wildman–Crippen LogP) is 1.54. The minimum absolute atomic E-state index is 0.0584. The van der Waals surface area contributed by atoms with Crippen LogP contribution in [-0.4, -0.2) is 69.5 Å². The van der Waals surface area contributed by atoms with Crippen LogP contribution in [0.4, 0.5) is 5.69 Å². The van der Waals surface area contributed by atoms with Gasteiger partial charge in [-0.05, 0) is 32.0 Å². The lowest BCUT2D eigenvalue weighted by atomic mass is 10.3. The van der Waals surface area contributed by atoms with E-state index in [1.54, 1.807) is 29.2 Å². The van der Waals surface area contributed by atoms with Crippen LogP contribution in [0.15, 0.2) is 41.3 Å². The first-order valence-corrected chi connectivity index (χ1v) is 10.1. The highest BCUT2D eigenvalue weighted by molar-refractivity contribution is 7.89. The van der Waals surface area contributed by atoms with Gasteiger partial charge in [-0.1, -0.05) is 18.2 Å². The van der Waals surface area contributed by atoms with Crippen molar-refractivity contribution >= 4 is 21.6 Å². The van der Waals surface area contributed by atoms with Crippen molar-refractivity contribution in [2.24, 2.45) is 0 Å². The summed E-state index contributed by atoms with van der Waals surface area (Å²) in [4.78, 5) is 14.2. The first-order chi connectivity index (χ1) is 12.3. The van der Waals surface area contributed by atoms with Gasteiger partial charge in [0, 0.05) is 31.9 Å². The summed E-state index contributed by atoms with van der Waals surface area (Å²) in [5.41, 5.74) is 1.51. The van der Waals surface area contributed by atoms with Crippen molar-refractivity contribution in [3.8, 4) is 0 Å². The zero-order valence-electron chi connectivity index (χ0n) is 15.4. The molecule has 1 aromatic carbocycles. The number of likely N-dealkylation sites (N-methyl/N-ethyl adjacent to an activating group) is 1. The standard InChI is InChI=1S/C18H27N3O4S/c1-4-20(14-15(2)3)18(22)13-19-16-6-5-7-17(12-16)26(23,24)21-8-10-25-11-9-21/h5-7,12,19H,2,4,8-11,13-14H2,1,3H3. The average molecular weight is 381 g/mol. The van der Waals surface area contributed by atoms with Crippen LogP contribution in [0, 0.1) is 0 Å². The summed E-state index contributed by atoms with van der Waals surface area (Å²) in [7, 11) is -3.55. The Morgan fingerprint density at radius 1 is 1.35 bits per heavy atom. The van der Waals surface area contributed by atoms with Gasteiger partial charge in [-0.25, -0.2) is 8.42 Å². The van der Waals surface area contributed by atoms with Gasteiger partial charge in [-0.3, -0.25) is 4.79 Å². The zero-order chi connectivity index (χ0) is 19.2. The number of rotatable bonds is 8. The van der Waals surface area contributed by atoms with Gasteiger partial charge in [0.1, 0.15) is 0 Å². The Balaban J connectivity index is 2.04. The lowest BCUT2D eigenvalue weighted by Gasteiger charge is -2.26. The summed E-state index contributed by atoms with van der Waals surface area (Å²) < 4.78 is 32.1. The number of hydrogen-bond acceptors (Lipinski definition) is 5. The minimum atomic E-state index is -3.55. The molecule has 1 aromatic rings. The van der Waals surface area contributed by atoms with Gasteiger partial charge >= 0.3 is 0 Å². The van der Waals surface area contributed by atoms with E-state index in [0.717, 1.165) is 5.57 Å². The van der Waals surface area contributed by atoms with Gasteiger partial charge in [0.25, 0.3) is 0 Å². The van der Waals surface area contributed by atoms with E-state index in [4.69, 9.17) is 4.74 Å². The molecule has 1 heterocycles. The zero-order valence-corrected chi connectivity index (χ0v) is 16.2. The van der Waals surface area contributed by atoms with Crippen LogP contribution in [-0.2, 0) is 19.6 Å². The maximum Gasteiger partial charge on any atom is 0.243 e. The number of nitrogens with zero attached hydrogens (tertiary/aromatic N) is 2. The lowest BCUT2D eigenvalue weighted by molar-refractivity contribution is -0.128. The summed E-state index contributed by atoms with van der Waals surface area (Å²) in [5.74, 6) is -0.0584. The summed E-state index contributed by atoms with van der Waals surface area (Å²) >= 11 is 0. The highest BCUT2D eigenvalue weighted by atomic mass is 32.2. The molecule has 0 saturated carbocycles. The molecule has 0 unspecified atom stereocenters. The topological polar surface area (TPSA) is 79.0 Å². The Kier molecular flexibility index (Phi) is 7.19. The Bertz CT molecular complexity index is 743. The monoisotopic (exact) mass is 381 g/mol. The highest BCUT2D eigenvalue weighted by Gasteiger charge is 2.26. The lowest BCUT2D eigenvalue weighted by Crippen LogP contribution is -2.40. The molecule has 0 radical (unpaired) electrons. The summed E-state index contributed by atoms with van der Waals surface area (Å²) in [6, 6.07) is 6.55. The number of ether oxygens (including phenoxy) is 1. The molecule has 1 N–H and O–H groups in total. The number of nitrogens with one attached hydrogen (secondary N) is 1. The molecule has 1 amide bonds. The number of benzene rings is 1. The molecular formula is C18H27N3O4S. The van der Waals surface area contributed by atoms with E-state index in [1.807, 2.05) is 13.8 Å². The smallest absolute Gasteiger partial charge is 0.243 e. The van der Waals surface area contributed by atoms with Gasteiger partial charge in [-0.2, -0.15) is 4.31 Å². The predicted molar refractivity (Wildman–Crippen MR) is 102 cm³/mol. The molecule has 2 rings (SSSR count). The van der Waals surface area contributed by atoms with E-state index in [0.29, 0.717) is 45.1 Å². The summed E-state index contributed by atoms with van der Waals surface area (Å²) in [5, 5.41) is 3.02. The van der Waals surface area contributed by atoms with Crippen molar-refractivity contribution in [1.29, 1.82) is 0 Å². The van der Waals surface area contributed by atoms with Crippen LogP contribution in [0.25, 0.3) is 0 Å². The van der Waals surface area contributed by atoms with Gasteiger partial charge in [0.05, 0.1) is 24.7 Å². The highest BCUT2D eigenvalue weighted by Crippen LogP contribution is 2.20. The first kappa shape index (κ1) is 20.4. The van der Waals surface area contributed by atoms with Gasteiger partial charge in [-0.15, -0.1) is 0 Å². The molecule has 1 fully saturated rings. The Hall–Kier alpha value is -1.90. The molecule has 0 atom stereocenters. The molecule has 1 saturated heterocycles. The first-order valence-electron chi connectivity index (χ1n) is 8.68. The fourth-order valence-corrected chi connectivity index (χ4v) is 4.15. The van der Waals surface area contributed by atoms with E-state index >= 15 is 0 Å². The Morgan fingerprint density at radius 2 is 2.04 bits per heavy atom. The normalized spacial score (nSPS) is 15.5. The quantitative estimate of drug-likeness (QED) is 0.691. The molecule has 7 nitrogen and oxygen atoms in total. The van der Waals surface area contributed by atoms with Crippen LogP contribution < -0.4 is 5.32 Å². The third kappa shape index (κ3) is 5.30. The summed E-state index contributed by atoms with van der Waals surface area (Å²) in [6.07, 6.45) is 0. The average Bonchev–Trinajstić information content (AvgIpc) is 2.65. The molecule has 0 spiro atoms. The second-order valence-electron chi connectivity index (χ2n) is 6.26. The fraction of sp³-hybridized carbons (Fsp3) is 0.500. The molecule has 144 valence electrons. The van der Waals surface area contributed by atoms with Crippen molar-refractivity contribution < 1.29 is 17.9 Å². The number of sulfonamides is 1. The largest absolute Gasteiger partial charge is 0.379 e. The van der Waals surface area contributed by atoms with E-state index < -0.39 is 10.0 Å². The maximum atomic E-state index is 12.7. The molecular weight excluding hydrogens is 354 g/mol. The van der Waals surface area contributed by atoms with E-state index in [-0.39, 0.29) is 17.3 Å². The molecule has 1 aliphatic heterocycles. The number of amides is 1. The Labute approximate surface area is 155 Å². The van der Waals surface area contributed by atoms with Crippen LogP contribution in [0.1, 0.15) is 13.8 Å². The van der Waals surface area contributed by atoms with Crippen LogP contribution in [0.5, 0.6) is 0 Å². The van der Waals surface area contributed by atoms with Crippen molar-refractivity contribution in [3.05, 3.63) is 36.4 Å². The number of hydrogen-bond donors (Lipinski definition) is 1. The van der Waals surface area contributed by atoms with E-state index in [2.05, 4.69) is 11.9 Å². The van der Waals surface area contributed by atoms with E-state index in [9.17, 15) is 13.2 Å². The second-order valence-corrected chi connectivity index (χ2v) is 8.20. The molecule has 0 aliphatic carbocycles. The fourth-order valence-electron chi connectivity index (χ4n) is 2.69. The van der Waals surface area contributed by atoms with Crippen molar-refractivity contribution in [2.75, 3.05) is 51.3 Å². The third-order valence-corrected chi connectivity index (χ3v) is 5.98. The van der Waals surface area contributed by atoms with Gasteiger partial charge in [0.2, 0.25) is 15.9 Å². The molecule has 1 aliphatic rings. The minimum Gasteiger partial charge on any atom is -0.379 e. The van der Waals surface area contributed by atoms with E-state index in [1.165, 1.54) is 4.31 Å². The number of carbonyl (C=O) groups is 1. The molecule has 0 aromatic heterocycles. The van der Waals surface area contributed by atoms with Crippen molar-refractivity contribution in [1.82, 2.24) is 9.21 Å². The molecule has 26 heavy (non-hydrogen) atoms. The summed E-state index contributed by atoms with van der Waals surface area (Å²) in [6.45, 7) is 10.3. The van der Waals surface area contributed by atoms with Crippen molar-refractivity contribution in [2.45, 2.75) is 18.7 Å². The number of morpholine rings is 1. The second kappa shape index (κ2) is 9.16. The van der Waals surface area contributed by atoms with Crippen LogP contribution in [0.3, 0.4) is 0 Å². The maximum absolute atomic E-state index is 12.7. The van der Waals surface area contributed by atoms with Gasteiger partial charge in [0.15, 0.2) is 0 Å². The van der Waals surface area contributed by atoms with Gasteiger partial charge < -0.3 is 15.0 Å². The number of carbonyl (C=O) groups excluding carboxylic acids is 1. The van der Waals surface area contributed by atoms with Crippen LogP contribution in [0.2, 0.25) is 0 Å². The third-order valence-electron chi connectivity index (χ3n) is 4.08. The SMILES string of the molecule is C=C(C)CN(CC)C(=O)CNc1cccc(S(=O)(=O)N2CCOCC2)c1. The Morgan fingerprint density at radius 3 is 2.65 bits per heavy atom. The number of anilines is 1. The molecule has 8 heteroatoms.